The molecule has 0 bridgehead atoms. The van der Waals surface area contributed by atoms with Crippen LogP contribution in [0.1, 0.15) is 89.2 Å². The molecule has 0 heterocycles. The van der Waals surface area contributed by atoms with E-state index in [0.717, 1.165) is 62.5 Å². The number of benzene rings is 3. The number of rotatable bonds is 24. The van der Waals surface area contributed by atoms with Crippen molar-refractivity contribution in [1.82, 2.24) is 0 Å². The summed E-state index contributed by atoms with van der Waals surface area (Å²) in [5.74, 6) is 1.02. The maximum atomic E-state index is 13.0. The van der Waals surface area contributed by atoms with Gasteiger partial charge < -0.3 is 9.47 Å². The van der Waals surface area contributed by atoms with Gasteiger partial charge in [-0.2, -0.15) is 16.8 Å². The largest absolute Gasteiger partial charge is 0.491 e. The highest BCUT2D eigenvalue weighted by atomic mass is 32.2. The lowest BCUT2D eigenvalue weighted by Crippen LogP contribution is -2.25. The van der Waals surface area contributed by atoms with Crippen LogP contribution < -0.4 is 9.47 Å². The van der Waals surface area contributed by atoms with Gasteiger partial charge in [0.25, 0.3) is 20.2 Å². The van der Waals surface area contributed by atoms with Gasteiger partial charge in [-0.1, -0.05) is 99.2 Å². The second-order valence-electron chi connectivity index (χ2n) is 12.5. The SMILES string of the molecule is CCCCC/C=C/C[C@@H](COc1ccc(OC[C@H](C/C=C/CCCCC)OS(=O)(=O)c2ccc(C)cc2)cc1)OS(=O)(=O)c1ccc(C)cc1. The lowest BCUT2D eigenvalue weighted by atomic mass is 10.2. The van der Waals surface area contributed by atoms with E-state index in [1.54, 1.807) is 72.8 Å². The Bertz CT molecular complexity index is 1540. The first-order chi connectivity index (χ1) is 24.0. The molecule has 0 aliphatic heterocycles. The fourth-order valence-corrected chi connectivity index (χ4v) is 7.06. The molecular formula is C40H54O8S2. The number of hydrogen-bond acceptors (Lipinski definition) is 8. The molecule has 0 aliphatic carbocycles. The Morgan fingerprint density at radius 2 is 0.880 bits per heavy atom. The van der Waals surface area contributed by atoms with Crippen LogP contribution >= 0.6 is 0 Å². The van der Waals surface area contributed by atoms with Crippen molar-refractivity contribution in [1.29, 1.82) is 0 Å². The first-order valence-corrected chi connectivity index (χ1v) is 20.5. The summed E-state index contributed by atoms with van der Waals surface area (Å²) in [7, 11) is -7.99. The van der Waals surface area contributed by atoms with E-state index in [-0.39, 0.29) is 23.0 Å². The third-order valence-corrected chi connectivity index (χ3v) is 10.7. The van der Waals surface area contributed by atoms with Crippen LogP contribution in [0.5, 0.6) is 11.5 Å². The summed E-state index contributed by atoms with van der Waals surface area (Å²) in [6.07, 6.45) is 15.8. The summed E-state index contributed by atoms with van der Waals surface area (Å²) in [6, 6.07) is 20.0. The standard InChI is InChI=1S/C40H54O8S2/c1-5-7-9-11-13-15-17-37(47-49(41,42)39-27-19-33(3)20-28-39)31-45-35-23-25-36(26-24-35)46-32-38(18-16-14-12-10-8-6-2)48-50(43,44)40-29-21-34(4)22-30-40/h13-16,19-30,37-38H,5-12,17-18,31-32H2,1-4H3/b15-13+,16-14+/t37-,38-/m0/s1. The highest BCUT2D eigenvalue weighted by molar-refractivity contribution is 7.87. The lowest BCUT2D eigenvalue weighted by Gasteiger charge is -2.18. The van der Waals surface area contributed by atoms with Crippen LogP contribution in [-0.4, -0.2) is 42.3 Å². The maximum absolute atomic E-state index is 13.0. The molecule has 274 valence electrons. The van der Waals surface area contributed by atoms with Crippen molar-refractivity contribution in [3.63, 3.8) is 0 Å². The summed E-state index contributed by atoms with van der Waals surface area (Å²) < 4.78 is 75.4. The predicted molar refractivity (Wildman–Crippen MR) is 200 cm³/mol. The molecule has 3 rings (SSSR count). The zero-order valence-electron chi connectivity index (χ0n) is 30.0. The molecule has 3 aromatic rings. The molecule has 0 spiro atoms. The van der Waals surface area contributed by atoms with Crippen LogP contribution in [0.25, 0.3) is 0 Å². The van der Waals surface area contributed by atoms with E-state index in [2.05, 4.69) is 26.0 Å². The van der Waals surface area contributed by atoms with E-state index in [1.165, 1.54) is 0 Å². The second-order valence-corrected chi connectivity index (χ2v) is 15.6. The molecule has 8 nitrogen and oxygen atoms in total. The normalized spacial score (nSPS) is 13.5. The van der Waals surface area contributed by atoms with E-state index in [1.807, 2.05) is 26.0 Å². The van der Waals surface area contributed by atoms with Gasteiger partial charge in [0, 0.05) is 0 Å². The van der Waals surface area contributed by atoms with E-state index in [0.29, 0.717) is 24.3 Å². The van der Waals surface area contributed by atoms with Gasteiger partial charge in [0.1, 0.15) is 36.9 Å². The highest BCUT2D eigenvalue weighted by Gasteiger charge is 2.23. The van der Waals surface area contributed by atoms with Crippen LogP contribution in [-0.2, 0) is 28.6 Å². The topological polar surface area (TPSA) is 105 Å². The van der Waals surface area contributed by atoms with Crippen molar-refractivity contribution < 1.29 is 34.7 Å². The van der Waals surface area contributed by atoms with Crippen LogP contribution in [0.2, 0.25) is 0 Å². The van der Waals surface area contributed by atoms with E-state index < -0.39 is 32.4 Å². The van der Waals surface area contributed by atoms with Crippen molar-refractivity contribution in [2.24, 2.45) is 0 Å². The first kappa shape index (κ1) is 41.0. The molecule has 0 saturated heterocycles. The van der Waals surface area contributed by atoms with Crippen molar-refractivity contribution in [3.05, 3.63) is 108 Å². The quantitative estimate of drug-likeness (QED) is 0.0511. The maximum Gasteiger partial charge on any atom is 0.297 e. The molecule has 2 atom stereocenters. The fourth-order valence-electron chi connectivity index (χ4n) is 4.92. The Labute approximate surface area is 300 Å². The predicted octanol–water partition coefficient (Wildman–Crippen LogP) is 9.66. The monoisotopic (exact) mass is 726 g/mol. The van der Waals surface area contributed by atoms with Gasteiger partial charge in [-0.25, -0.2) is 0 Å². The van der Waals surface area contributed by atoms with Crippen molar-refractivity contribution in [2.75, 3.05) is 13.2 Å². The van der Waals surface area contributed by atoms with Gasteiger partial charge in [0.05, 0.1) is 9.79 Å². The summed E-state index contributed by atoms with van der Waals surface area (Å²) >= 11 is 0. The van der Waals surface area contributed by atoms with Crippen molar-refractivity contribution in [2.45, 2.75) is 114 Å². The second kappa shape index (κ2) is 21.7. The molecule has 0 amide bonds. The molecule has 50 heavy (non-hydrogen) atoms. The van der Waals surface area contributed by atoms with Crippen LogP contribution in [0.3, 0.4) is 0 Å². The first-order valence-electron chi connectivity index (χ1n) is 17.7. The lowest BCUT2D eigenvalue weighted by molar-refractivity contribution is 0.134. The average Bonchev–Trinajstić information content (AvgIpc) is 3.09. The molecule has 0 saturated carbocycles. The zero-order valence-corrected chi connectivity index (χ0v) is 31.6. The smallest absolute Gasteiger partial charge is 0.297 e. The summed E-state index contributed by atoms with van der Waals surface area (Å²) in [4.78, 5) is 0.199. The Balaban J connectivity index is 1.63. The van der Waals surface area contributed by atoms with Gasteiger partial charge >= 0.3 is 0 Å². The van der Waals surface area contributed by atoms with Crippen molar-refractivity contribution >= 4 is 20.2 Å². The minimum atomic E-state index is -3.99. The summed E-state index contributed by atoms with van der Waals surface area (Å²) in [6.45, 7) is 8.12. The molecule has 0 aromatic heterocycles. The molecule has 0 N–H and O–H groups in total. The number of unbranched alkanes of at least 4 members (excludes halogenated alkanes) is 6. The number of ether oxygens (including phenoxy) is 2. The summed E-state index contributed by atoms with van der Waals surface area (Å²) in [5.41, 5.74) is 1.91. The fraction of sp³-hybridized carbons (Fsp3) is 0.450. The third-order valence-electron chi connectivity index (χ3n) is 7.92. The van der Waals surface area contributed by atoms with Crippen molar-refractivity contribution in [3.8, 4) is 11.5 Å². The molecule has 0 unspecified atom stereocenters. The number of allylic oxidation sites excluding steroid dienone is 2. The van der Waals surface area contributed by atoms with Gasteiger partial charge in [-0.3, -0.25) is 8.37 Å². The molecule has 10 heteroatoms. The Hall–Kier alpha value is -3.44. The highest BCUT2D eigenvalue weighted by Crippen LogP contribution is 2.23. The van der Waals surface area contributed by atoms with E-state index in [9.17, 15) is 16.8 Å². The van der Waals surface area contributed by atoms with Gasteiger partial charge in [0.2, 0.25) is 0 Å². The van der Waals surface area contributed by atoms with Crippen LogP contribution in [0.15, 0.2) is 107 Å². The van der Waals surface area contributed by atoms with Crippen LogP contribution in [0.4, 0.5) is 0 Å². The zero-order chi connectivity index (χ0) is 36.2. The number of hydrogen-bond donors (Lipinski definition) is 0. The molecule has 0 radical (unpaired) electrons. The average molecular weight is 727 g/mol. The molecule has 0 fully saturated rings. The molecule has 3 aromatic carbocycles. The van der Waals surface area contributed by atoms with Crippen LogP contribution in [0, 0.1) is 13.8 Å². The Kier molecular flexibility index (Phi) is 17.8. The minimum Gasteiger partial charge on any atom is -0.491 e. The Morgan fingerprint density at radius 1 is 0.520 bits per heavy atom. The van der Waals surface area contributed by atoms with Gasteiger partial charge in [-0.05, 0) is 101 Å². The molecule has 0 aliphatic rings. The Morgan fingerprint density at radius 3 is 1.22 bits per heavy atom. The molecular weight excluding hydrogens is 673 g/mol. The van der Waals surface area contributed by atoms with E-state index in [4.69, 9.17) is 17.8 Å². The number of aryl methyl sites for hydroxylation is 2. The van der Waals surface area contributed by atoms with E-state index >= 15 is 0 Å². The van der Waals surface area contributed by atoms with Gasteiger partial charge in [-0.15, -0.1) is 0 Å². The third kappa shape index (κ3) is 15.2. The van der Waals surface area contributed by atoms with Gasteiger partial charge in [0.15, 0.2) is 0 Å². The minimum absolute atomic E-state index is 0.0158. The summed E-state index contributed by atoms with van der Waals surface area (Å²) in [5, 5.41) is 0.